The third-order valence-corrected chi connectivity index (χ3v) is 4.15. The molecular formula is C12H19NO3. The molecule has 90 valence electrons. The van der Waals surface area contributed by atoms with E-state index in [1.54, 1.807) is 6.92 Å². The topological polar surface area (TPSA) is 55.4 Å². The minimum Gasteiger partial charge on any atom is -0.464 e. The zero-order valence-electron chi connectivity index (χ0n) is 9.91. The van der Waals surface area contributed by atoms with Crippen LogP contribution < -0.4 is 5.32 Å². The number of carbonyl (C=O) groups is 2. The monoisotopic (exact) mass is 225 g/mol. The summed E-state index contributed by atoms with van der Waals surface area (Å²) in [5.41, 5.74) is -0.177. The molecule has 2 aliphatic rings. The summed E-state index contributed by atoms with van der Waals surface area (Å²) >= 11 is 0. The molecule has 0 radical (unpaired) electrons. The Hall–Kier alpha value is -1.06. The highest BCUT2D eigenvalue weighted by atomic mass is 16.5. The second kappa shape index (κ2) is 4.07. The summed E-state index contributed by atoms with van der Waals surface area (Å²) in [7, 11) is 0. The van der Waals surface area contributed by atoms with Crippen LogP contribution in [0.25, 0.3) is 0 Å². The van der Waals surface area contributed by atoms with Crippen LogP contribution in [0, 0.1) is 11.3 Å². The van der Waals surface area contributed by atoms with Gasteiger partial charge in [0, 0.05) is 11.8 Å². The Bertz CT molecular complexity index is 315. The molecule has 1 saturated heterocycles. The molecule has 1 saturated carbocycles. The Morgan fingerprint density at radius 3 is 2.94 bits per heavy atom. The van der Waals surface area contributed by atoms with E-state index in [0.717, 1.165) is 19.3 Å². The highest BCUT2D eigenvalue weighted by Crippen LogP contribution is 2.51. The van der Waals surface area contributed by atoms with Crippen molar-refractivity contribution in [2.45, 2.75) is 45.6 Å². The maximum absolute atomic E-state index is 11.9. The Kier molecular flexibility index (Phi) is 2.91. The van der Waals surface area contributed by atoms with E-state index in [1.807, 2.05) is 0 Å². The van der Waals surface area contributed by atoms with Gasteiger partial charge in [0.2, 0.25) is 5.91 Å². The second-order valence-electron chi connectivity index (χ2n) is 4.96. The van der Waals surface area contributed by atoms with Crippen LogP contribution in [0.15, 0.2) is 0 Å². The lowest BCUT2D eigenvalue weighted by Gasteiger charge is -2.32. The smallest absolute Gasteiger partial charge is 0.329 e. The van der Waals surface area contributed by atoms with Gasteiger partial charge in [-0.15, -0.1) is 0 Å². The number of hydrogen-bond donors (Lipinski definition) is 1. The minimum atomic E-state index is -0.419. The number of ether oxygens (including phenoxy) is 1. The molecule has 3 unspecified atom stereocenters. The number of amides is 1. The second-order valence-corrected chi connectivity index (χ2v) is 4.96. The van der Waals surface area contributed by atoms with E-state index in [2.05, 4.69) is 12.2 Å². The quantitative estimate of drug-likeness (QED) is 0.719. The number of hydrogen-bond acceptors (Lipinski definition) is 3. The summed E-state index contributed by atoms with van der Waals surface area (Å²) in [6.45, 7) is 4.30. The van der Waals surface area contributed by atoms with Crippen molar-refractivity contribution in [2.75, 3.05) is 6.61 Å². The first-order valence-corrected chi connectivity index (χ1v) is 6.06. The zero-order valence-corrected chi connectivity index (χ0v) is 9.91. The molecule has 1 heterocycles. The van der Waals surface area contributed by atoms with Crippen molar-refractivity contribution >= 4 is 11.9 Å². The molecule has 4 heteroatoms. The van der Waals surface area contributed by atoms with Crippen LogP contribution in [-0.4, -0.2) is 24.5 Å². The number of carbonyl (C=O) groups excluding carboxylic acids is 2. The lowest BCUT2D eigenvalue weighted by molar-refractivity contribution is -0.149. The predicted molar refractivity (Wildman–Crippen MR) is 58.6 cm³/mol. The van der Waals surface area contributed by atoms with Gasteiger partial charge in [0.15, 0.2) is 0 Å². The van der Waals surface area contributed by atoms with Crippen molar-refractivity contribution in [2.24, 2.45) is 11.3 Å². The van der Waals surface area contributed by atoms with Crippen LogP contribution in [0.2, 0.25) is 0 Å². The summed E-state index contributed by atoms with van der Waals surface area (Å²) in [5, 5.41) is 2.79. The molecule has 16 heavy (non-hydrogen) atoms. The molecular weight excluding hydrogens is 206 g/mol. The van der Waals surface area contributed by atoms with Crippen LogP contribution in [-0.2, 0) is 14.3 Å². The van der Waals surface area contributed by atoms with Crippen LogP contribution in [0.1, 0.15) is 39.5 Å². The summed E-state index contributed by atoms with van der Waals surface area (Å²) in [6.07, 6.45) is 3.64. The Labute approximate surface area is 95.7 Å². The van der Waals surface area contributed by atoms with Crippen LogP contribution in [0.3, 0.4) is 0 Å². The van der Waals surface area contributed by atoms with Crippen molar-refractivity contribution < 1.29 is 14.3 Å². The Morgan fingerprint density at radius 2 is 2.38 bits per heavy atom. The van der Waals surface area contributed by atoms with E-state index < -0.39 is 6.04 Å². The fraction of sp³-hybridized carbons (Fsp3) is 0.833. The Balaban J connectivity index is 2.22. The molecule has 2 fully saturated rings. The average Bonchev–Trinajstić information content (AvgIpc) is 2.74. The average molecular weight is 225 g/mol. The SMILES string of the molecule is CCOC(=O)C1NC(=O)CC12CCCC2C. The van der Waals surface area contributed by atoms with Crippen molar-refractivity contribution in [1.29, 1.82) is 0 Å². The number of esters is 1. The van der Waals surface area contributed by atoms with Gasteiger partial charge in [0.05, 0.1) is 6.61 Å². The predicted octanol–water partition coefficient (Wildman–Crippen LogP) is 1.24. The largest absolute Gasteiger partial charge is 0.464 e. The third kappa shape index (κ3) is 1.60. The molecule has 1 spiro atoms. The fourth-order valence-corrected chi connectivity index (χ4v) is 3.24. The maximum Gasteiger partial charge on any atom is 0.329 e. The van der Waals surface area contributed by atoms with Gasteiger partial charge in [-0.2, -0.15) is 0 Å². The van der Waals surface area contributed by atoms with E-state index in [1.165, 1.54) is 0 Å². The summed E-state index contributed by atoms with van der Waals surface area (Å²) in [4.78, 5) is 23.4. The molecule has 0 aromatic heterocycles. The molecule has 4 nitrogen and oxygen atoms in total. The molecule has 3 atom stereocenters. The van der Waals surface area contributed by atoms with Gasteiger partial charge in [0.1, 0.15) is 6.04 Å². The summed E-state index contributed by atoms with van der Waals surface area (Å²) < 4.78 is 5.06. The van der Waals surface area contributed by atoms with E-state index in [4.69, 9.17) is 4.74 Å². The fourth-order valence-electron chi connectivity index (χ4n) is 3.24. The normalized spacial score (nSPS) is 37.8. The maximum atomic E-state index is 11.9. The molecule has 1 aliphatic carbocycles. The zero-order chi connectivity index (χ0) is 11.8. The van der Waals surface area contributed by atoms with Crippen molar-refractivity contribution in [3.05, 3.63) is 0 Å². The van der Waals surface area contributed by atoms with Gasteiger partial charge >= 0.3 is 5.97 Å². The van der Waals surface area contributed by atoms with E-state index in [9.17, 15) is 9.59 Å². The van der Waals surface area contributed by atoms with Crippen molar-refractivity contribution in [1.82, 2.24) is 5.32 Å². The van der Waals surface area contributed by atoms with Gasteiger partial charge in [-0.3, -0.25) is 4.79 Å². The highest BCUT2D eigenvalue weighted by Gasteiger charge is 2.55. The molecule has 1 N–H and O–H groups in total. The number of nitrogens with one attached hydrogen (secondary N) is 1. The van der Waals surface area contributed by atoms with Gasteiger partial charge in [-0.25, -0.2) is 4.79 Å². The molecule has 1 aliphatic heterocycles. The molecule has 0 bridgehead atoms. The molecule has 0 aromatic rings. The minimum absolute atomic E-state index is 0.00759. The lowest BCUT2D eigenvalue weighted by atomic mass is 9.72. The first kappa shape index (κ1) is 11.4. The first-order chi connectivity index (χ1) is 7.60. The summed E-state index contributed by atoms with van der Waals surface area (Å²) in [6, 6.07) is -0.419. The van der Waals surface area contributed by atoms with Crippen molar-refractivity contribution in [3.63, 3.8) is 0 Å². The van der Waals surface area contributed by atoms with E-state index >= 15 is 0 Å². The van der Waals surface area contributed by atoms with Gasteiger partial charge in [-0.05, 0) is 19.3 Å². The third-order valence-electron chi connectivity index (χ3n) is 4.15. The van der Waals surface area contributed by atoms with Gasteiger partial charge in [-0.1, -0.05) is 19.8 Å². The highest BCUT2D eigenvalue weighted by molar-refractivity contribution is 5.90. The first-order valence-electron chi connectivity index (χ1n) is 6.06. The van der Waals surface area contributed by atoms with Crippen LogP contribution in [0.4, 0.5) is 0 Å². The molecule has 2 rings (SSSR count). The van der Waals surface area contributed by atoms with Crippen molar-refractivity contribution in [3.8, 4) is 0 Å². The van der Waals surface area contributed by atoms with Gasteiger partial charge < -0.3 is 10.1 Å². The van der Waals surface area contributed by atoms with E-state index in [0.29, 0.717) is 18.9 Å². The standard InChI is InChI=1S/C12H19NO3/c1-3-16-11(15)10-12(7-9(14)13-10)6-4-5-8(12)2/h8,10H,3-7H2,1-2H3,(H,13,14). The lowest BCUT2D eigenvalue weighted by Crippen LogP contribution is -2.46. The number of rotatable bonds is 2. The van der Waals surface area contributed by atoms with E-state index in [-0.39, 0.29) is 17.3 Å². The molecule has 1 amide bonds. The summed E-state index contributed by atoms with van der Waals surface area (Å²) in [5.74, 6) is 0.148. The van der Waals surface area contributed by atoms with Crippen LogP contribution >= 0.6 is 0 Å². The Morgan fingerprint density at radius 1 is 1.62 bits per heavy atom. The molecule has 0 aromatic carbocycles. The van der Waals surface area contributed by atoms with Gasteiger partial charge in [0.25, 0.3) is 0 Å². The van der Waals surface area contributed by atoms with Crippen LogP contribution in [0.5, 0.6) is 0 Å².